The number of anilines is 4. The molecule has 0 amide bonds. The average molecular weight is 400 g/mol. The lowest BCUT2D eigenvalue weighted by Gasteiger charge is -2.24. The van der Waals surface area contributed by atoms with E-state index in [2.05, 4.69) is 20.4 Å². The Kier molecular flexibility index (Phi) is 5.38. The first-order valence-corrected chi connectivity index (χ1v) is 9.27. The maximum atomic E-state index is 11.1. The van der Waals surface area contributed by atoms with Crippen molar-refractivity contribution in [1.82, 2.24) is 19.7 Å². The summed E-state index contributed by atoms with van der Waals surface area (Å²) in [5, 5.41) is 7.33. The Morgan fingerprint density at radius 3 is 2.63 bits per heavy atom. The second kappa shape index (κ2) is 8.44. The molecule has 0 saturated heterocycles. The lowest BCUT2D eigenvalue weighted by molar-refractivity contribution is 0.112. The molecule has 0 spiro atoms. The molecule has 8 nitrogen and oxygen atoms in total. The molecule has 0 fully saturated rings. The minimum atomic E-state index is 0.479. The van der Waals surface area contributed by atoms with Crippen LogP contribution in [0, 0.1) is 0 Å². The molecule has 1 N–H and O–H groups in total. The molecule has 2 aromatic heterocycles. The van der Waals surface area contributed by atoms with E-state index in [1.165, 1.54) is 6.20 Å². The van der Waals surface area contributed by atoms with Gasteiger partial charge in [0.05, 0.1) is 24.6 Å². The maximum absolute atomic E-state index is 11.1. The van der Waals surface area contributed by atoms with Gasteiger partial charge in [-0.2, -0.15) is 10.1 Å². The van der Waals surface area contributed by atoms with Crippen LogP contribution in [0.1, 0.15) is 10.4 Å². The van der Waals surface area contributed by atoms with Crippen LogP contribution in [0.25, 0.3) is 5.69 Å². The molecule has 0 aliphatic rings. The van der Waals surface area contributed by atoms with Crippen molar-refractivity contribution in [2.45, 2.75) is 0 Å². The fraction of sp³-hybridized carbons (Fsp3) is 0.0909. The molecule has 8 heteroatoms. The fourth-order valence-corrected chi connectivity index (χ4v) is 3.08. The van der Waals surface area contributed by atoms with E-state index in [0.717, 1.165) is 17.7 Å². The van der Waals surface area contributed by atoms with E-state index < -0.39 is 0 Å². The first-order chi connectivity index (χ1) is 14.7. The van der Waals surface area contributed by atoms with Gasteiger partial charge in [0, 0.05) is 25.1 Å². The SMILES string of the molecule is CNc1ccnc(N(c2ccccc2)c2ccc(OC)c(-n3cc(C=O)cn3)c2)n1. The van der Waals surface area contributed by atoms with Gasteiger partial charge in [-0.1, -0.05) is 18.2 Å². The van der Waals surface area contributed by atoms with Crippen molar-refractivity contribution in [3.63, 3.8) is 0 Å². The van der Waals surface area contributed by atoms with Crippen LogP contribution >= 0.6 is 0 Å². The van der Waals surface area contributed by atoms with Crippen LogP contribution in [0.2, 0.25) is 0 Å². The molecule has 0 bridgehead atoms. The normalized spacial score (nSPS) is 10.5. The minimum Gasteiger partial charge on any atom is -0.494 e. The summed E-state index contributed by atoms with van der Waals surface area (Å²) >= 11 is 0. The van der Waals surface area contributed by atoms with Crippen LogP contribution in [0.3, 0.4) is 0 Å². The Balaban J connectivity index is 1.88. The number of hydrogen-bond acceptors (Lipinski definition) is 7. The quantitative estimate of drug-likeness (QED) is 0.469. The average Bonchev–Trinajstić information content (AvgIpc) is 3.29. The van der Waals surface area contributed by atoms with Gasteiger partial charge in [0.2, 0.25) is 5.95 Å². The van der Waals surface area contributed by atoms with Crippen LogP contribution in [-0.4, -0.2) is 40.2 Å². The van der Waals surface area contributed by atoms with Gasteiger partial charge in [0.25, 0.3) is 0 Å². The number of aromatic nitrogens is 4. The monoisotopic (exact) mass is 400 g/mol. The van der Waals surface area contributed by atoms with Crippen LogP contribution < -0.4 is 15.0 Å². The van der Waals surface area contributed by atoms with Gasteiger partial charge in [-0.25, -0.2) is 9.67 Å². The van der Waals surface area contributed by atoms with Crippen molar-refractivity contribution >= 4 is 29.4 Å². The van der Waals surface area contributed by atoms with Gasteiger partial charge >= 0.3 is 0 Å². The highest BCUT2D eigenvalue weighted by atomic mass is 16.5. The molecule has 0 unspecified atom stereocenters. The number of para-hydroxylation sites is 1. The van der Waals surface area contributed by atoms with Crippen LogP contribution in [0.15, 0.2) is 73.2 Å². The predicted molar refractivity (Wildman–Crippen MR) is 115 cm³/mol. The fourth-order valence-electron chi connectivity index (χ4n) is 3.08. The highest BCUT2D eigenvalue weighted by Crippen LogP contribution is 2.36. The number of carbonyl (C=O) groups is 1. The third-order valence-corrected chi connectivity index (χ3v) is 4.52. The van der Waals surface area contributed by atoms with Crippen LogP contribution in [-0.2, 0) is 0 Å². The molecule has 30 heavy (non-hydrogen) atoms. The molecular weight excluding hydrogens is 380 g/mol. The summed E-state index contributed by atoms with van der Waals surface area (Å²) in [5.41, 5.74) is 2.88. The number of benzene rings is 2. The van der Waals surface area contributed by atoms with Gasteiger partial charge in [0.15, 0.2) is 6.29 Å². The maximum Gasteiger partial charge on any atom is 0.236 e. The van der Waals surface area contributed by atoms with E-state index in [1.54, 1.807) is 30.3 Å². The van der Waals surface area contributed by atoms with E-state index in [4.69, 9.17) is 4.74 Å². The number of ether oxygens (including phenoxy) is 1. The Morgan fingerprint density at radius 2 is 1.93 bits per heavy atom. The number of aldehydes is 1. The molecule has 4 aromatic rings. The Hall–Kier alpha value is -4.20. The first-order valence-electron chi connectivity index (χ1n) is 9.27. The summed E-state index contributed by atoms with van der Waals surface area (Å²) < 4.78 is 7.13. The third-order valence-electron chi connectivity index (χ3n) is 4.52. The number of nitrogens with one attached hydrogen (secondary N) is 1. The van der Waals surface area contributed by atoms with Gasteiger partial charge in [-0.3, -0.25) is 9.69 Å². The second-order valence-corrected chi connectivity index (χ2v) is 6.36. The molecular formula is C22H20N6O2. The largest absolute Gasteiger partial charge is 0.494 e. The van der Waals surface area contributed by atoms with Crippen molar-refractivity contribution in [2.24, 2.45) is 0 Å². The number of methoxy groups -OCH3 is 1. The number of nitrogens with zero attached hydrogens (tertiary/aromatic N) is 5. The second-order valence-electron chi connectivity index (χ2n) is 6.36. The molecule has 4 rings (SSSR count). The summed E-state index contributed by atoms with van der Waals surface area (Å²) in [6, 6.07) is 17.3. The molecule has 0 radical (unpaired) electrons. The van der Waals surface area contributed by atoms with E-state index in [1.807, 2.05) is 60.5 Å². The topological polar surface area (TPSA) is 85.2 Å². The molecule has 0 aliphatic heterocycles. The first kappa shape index (κ1) is 19.1. The van der Waals surface area contributed by atoms with Gasteiger partial charge < -0.3 is 10.1 Å². The Bertz CT molecular complexity index is 1160. The molecule has 2 heterocycles. The van der Waals surface area contributed by atoms with Crippen LogP contribution in [0.5, 0.6) is 5.75 Å². The van der Waals surface area contributed by atoms with Crippen molar-refractivity contribution in [1.29, 1.82) is 0 Å². The lowest BCUT2D eigenvalue weighted by Crippen LogP contribution is -2.14. The summed E-state index contributed by atoms with van der Waals surface area (Å²) in [7, 11) is 3.41. The number of rotatable bonds is 7. The summed E-state index contributed by atoms with van der Waals surface area (Å²) in [4.78, 5) is 22.1. The van der Waals surface area contributed by atoms with E-state index in [0.29, 0.717) is 28.8 Å². The lowest BCUT2D eigenvalue weighted by atomic mass is 10.2. The summed E-state index contributed by atoms with van der Waals surface area (Å²) in [6.45, 7) is 0. The Labute approximate surface area is 173 Å². The minimum absolute atomic E-state index is 0.479. The number of carbonyl (C=O) groups excluding carboxylic acids is 1. The predicted octanol–water partition coefficient (Wildman–Crippen LogP) is 3.99. The van der Waals surface area contributed by atoms with Crippen molar-refractivity contribution < 1.29 is 9.53 Å². The standard InChI is InChI=1S/C22H20N6O2/c1-23-21-10-11-24-22(26-21)28(17-6-4-3-5-7-17)18-8-9-20(30-2)19(12-18)27-14-16(15-29)13-25-27/h3-15H,1-2H3,(H,23,24,26). The van der Waals surface area contributed by atoms with Crippen LogP contribution in [0.4, 0.5) is 23.1 Å². The van der Waals surface area contributed by atoms with E-state index in [9.17, 15) is 4.79 Å². The zero-order valence-corrected chi connectivity index (χ0v) is 16.6. The Morgan fingerprint density at radius 1 is 1.10 bits per heavy atom. The van der Waals surface area contributed by atoms with Crippen molar-refractivity contribution in [3.8, 4) is 11.4 Å². The van der Waals surface area contributed by atoms with E-state index >= 15 is 0 Å². The highest BCUT2D eigenvalue weighted by Gasteiger charge is 2.18. The molecule has 0 atom stereocenters. The highest BCUT2D eigenvalue weighted by molar-refractivity contribution is 5.76. The van der Waals surface area contributed by atoms with Crippen molar-refractivity contribution in [3.05, 3.63) is 78.8 Å². The molecule has 2 aromatic carbocycles. The van der Waals surface area contributed by atoms with Crippen molar-refractivity contribution in [2.75, 3.05) is 24.4 Å². The third kappa shape index (κ3) is 3.70. The van der Waals surface area contributed by atoms with Gasteiger partial charge in [0.1, 0.15) is 17.3 Å². The number of hydrogen-bond donors (Lipinski definition) is 1. The summed E-state index contributed by atoms with van der Waals surface area (Å²) in [6.07, 6.45) is 5.62. The molecule has 150 valence electrons. The zero-order valence-electron chi connectivity index (χ0n) is 16.6. The molecule has 0 saturated carbocycles. The summed E-state index contributed by atoms with van der Waals surface area (Å²) in [5.74, 6) is 1.84. The van der Waals surface area contributed by atoms with Gasteiger partial charge in [-0.05, 0) is 36.4 Å². The smallest absolute Gasteiger partial charge is 0.236 e. The van der Waals surface area contributed by atoms with Gasteiger partial charge in [-0.15, -0.1) is 0 Å². The molecule has 0 aliphatic carbocycles. The van der Waals surface area contributed by atoms with E-state index in [-0.39, 0.29) is 0 Å². The zero-order chi connectivity index (χ0) is 20.9.